The maximum atomic E-state index is 5.08. The number of hydrogen-bond donors (Lipinski definition) is 0. The van der Waals surface area contributed by atoms with Crippen LogP contribution in [0.3, 0.4) is 0 Å². The van der Waals surface area contributed by atoms with E-state index in [1.54, 1.807) is 0 Å². The van der Waals surface area contributed by atoms with Gasteiger partial charge in [0.05, 0.1) is 0 Å². The predicted molar refractivity (Wildman–Crippen MR) is 51.0 cm³/mol. The Bertz CT molecular complexity index is 128. The van der Waals surface area contributed by atoms with Gasteiger partial charge in [-0.25, -0.2) is 0 Å². The predicted octanol–water partition coefficient (Wildman–Crippen LogP) is 2.09. The second kappa shape index (κ2) is 8.67. The first-order valence-corrected chi connectivity index (χ1v) is 3.91. The van der Waals surface area contributed by atoms with Gasteiger partial charge in [-0.2, -0.15) is 0 Å². The van der Waals surface area contributed by atoms with Crippen LogP contribution in [0.2, 0.25) is 0 Å². The Morgan fingerprint density at radius 3 is 1.38 bits per heavy atom. The van der Waals surface area contributed by atoms with Gasteiger partial charge in [0.25, 0.3) is 0 Å². The third kappa shape index (κ3) is 6.19. The van der Waals surface area contributed by atoms with Gasteiger partial charge in [-0.05, 0) is 57.8 Å². The van der Waals surface area contributed by atoms with Gasteiger partial charge in [-0.1, -0.05) is 0 Å². The Morgan fingerprint density at radius 1 is 0.769 bits per heavy atom. The van der Waals surface area contributed by atoms with E-state index in [9.17, 15) is 0 Å². The average molecular weight is 211 g/mol. The molecular weight excluding hydrogens is 200 g/mol. The molecule has 0 aromatic heterocycles. The maximum Gasteiger partial charge on any atom is 0.0268 e. The number of rotatable bonds is 0. The molecule has 0 unspecified atom stereocenters. The van der Waals surface area contributed by atoms with E-state index in [1.165, 1.54) is 0 Å². The van der Waals surface area contributed by atoms with Gasteiger partial charge in [0.15, 0.2) is 0 Å². The zero-order valence-electron chi connectivity index (χ0n) is 7.20. The average Bonchev–Trinajstić information content (AvgIpc) is 2.81. The van der Waals surface area contributed by atoms with E-state index in [4.69, 9.17) is 6.42 Å². The summed E-state index contributed by atoms with van der Waals surface area (Å²) < 4.78 is 0. The molecule has 2 rings (SSSR count). The van der Waals surface area contributed by atoms with E-state index in [0.717, 1.165) is 0 Å². The van der Waals surface area contributed by atoms with Crippen molar-refractivity contribution in [3.05, 3.63) is 57.8 Å². The first kappa shape index (κ1) is 13.1. The van der Waals surface area contributed by atoms with E-state index in [2.05, 4.69) is 5.92 Å². The van der Waals surface area contributed by atoms with E-state index >= 15 is 0 Å². The molecule has 0 nitrogen and oxygen atoms in total. The smallest absolute Gasteiger partial charge is 0.0268 e. The van der Waals surface area contributed by atoms with Crippen molar-refractivity contribution < 1.29 is 17.1 Å². The molecule has 2 fully saturated rings. The Kier molecular flexibility index (Phi) is 8.72. The van der Waals surface area contributed by atoms with Crippen LogP contribution >= 0.6 is 0 Å². The van der Waals surface area contributed by atoms with Crippen LogP contribution in [-0.2, 0) is 17.1 Å². The molecule has 0 atom stereocenters. The van der Waals surface area contributed by atoms with Crippen molar-refractivity contribution in [3.63, 3.8) is 0 Å². The van der Waals surface area contributed by atoms with Crippen LogP contribution in [0.1, 0.15) is 0 Å². The Balaban J connectivity index is 0.000000215. The van der Waals surface area contributed by atoms with Crippen molar-refractivity contribution >= 4 is 0 Å². The van der Waals surface area contributed by atoms with Crippen LogP contribution in [0.15, 0.2) is 0 Å². The zero-order chi connectivity index (χ0) is 8.65. The largest absolute Gasteiger partial charge is 0.120 e. The SMILES string of the molecule is C#CC1[CH][CH][CH][CH]1.[CH]1[CH][CH][CH][CH]1.[Fe]. The third-order valence-corrected chi connectivity index (χ3v) is 1.50. The van der Waals surface area contributed by atoms with Gasteiger partial charge < -0.3 is 0 Å². The van der Waals surface area contributed by atoms with E-state index in [0.29, 0.717) is 0 Å². The molecule has 2 saturated carbocycles. The summed E-state index contributed by atoms with van der Waals surface area (Å²) in [6.45, 7) is 0. The fourth-order valence-electron chi connectivity index (χ4n) is 0.864. The first-order valence-electron chi connectivity index (χ1n) is 3.91. The van der Waals surface area contributed by atoms with E-state index in [-0.39, 0.29) is 23.0 Å². The Hall–Kier alpha value is 0.0795. The summed E-state index contributed by atoms with van der Waals surface area (Å²) in [5.41, 5.74) is 0. The summed E-state index contributed by atoms with van der Waals surface area (Å²) in [5.74, 6) is 2.85. The van der Waals surface area contributed by atoms with Crippen LogP contribution in [0, 0.1) is 76.0 Å². The van der Waals surface area contributed by atoms with Crippen molar-refractivity contribution in [2.75, 3.05) is 0 Å². The topological polar surface area (TPSA) is 0 Å². The molecule has 9 radical (unpaired) electrons. The second-order valence-electron chi connectivity index (χ2n) is 2.42. The molecule has 13 heavy (non-hydrogen) atoms. The molecule has 0 bridgehead atoms. The third-order valence-electron chi connectivity index (χ3n) is 1.50. The van der Waals surface area contributed by atoms with Gasteiger partial charge in [-0.15, -0.1) is 12.3 Å². The van der Waals surface area contributed by atoms with Crippen molar-refractivity contribution in [3.8, 4) is 12.3 Å². The molecule has 0 amide bonds. The van der Waals surface area contributed by atoms with Crippen molar-refractivity contribution in [1.82, 2.24) is 0 Å². The minimum absolute atomic E-state index is 0. The van der Waals surface area contributed by atoms with E-state index < -0.39 is 0 Å². The first-order chi connectivity index (χ1) is 5.93. The minimum atomic E-state index is 0. The van der Waals surface area contributed by atoms with Gasteiger partial charge in [0.1, 0.15) is 0 Å². The zero-order valence-corrected chi connectivity index (χ0v) is 8.31. The normalized spacial score (nSPS) is 21.2. The van der Waals surface area contributed by atoms with Crippen molar-refractivity contribution in [2.45, 2.75) is 0 Å². The standard InChI is InChI=1S/C7H6.C5H5.Fe/c1-2-7-5-3-4-6-7;1-2-4-5-3-1;/h1,3-7H;1-5H;. The van der Waals surface area contributed by atoms with Crippen LogP contribution in [0.5, 0.6) is 0 Å². The molecule has 2 aliphatic rings. The second-order valence-corrected chi connectivity index (χ2v) is 2.42. The fourth-order valence-corrected chi connectivity index (χ4v) is 0.864. The summed E-state index contributed by atoms with van der Waals surface area (Å²) in [6.07, 6.45) is 23.0. The monoisotopic (exact) mass is 211 g/mol. The van der Waals surface area contributed by atoms with Crippen LogP contribution in [0.25, 0.3) is 0 Å². The summed E-state index contributed by atoms with van der Waals surface area (Å²) in [5, 5.41) is 0. The van der Waals surface area contributed by atoms with Crippen LogP contribution in [-0.4, -0.2) is 0 Å². The molecule has 0 N–H and O–H groups in total. The van der Waals surface area contributed by atoms with Gasteiger partial charge >= 0.3 is 0 Å². The molecular formula is C12H11Fe. The summed E-state index contributed by atoms with van der Waals surface area (Å²) in [4.78, 5) is 0. The van der Waals surface area contributed by atoms with Crippen LogP contribution in [0.4, 0.5) is 0 Å². The Labute approximate surface area is 93.3 Å². The minimum Gasteiger partial charge on any atom is -0.120 e. The van der Waals surface area contributed by atoms with Crippen LogP contribution < -0.4 is 0 Å². The summed E-state index contributed by atoms with van der Waals surface area (Å²) >= 11 is 0. The molecule has 2 aliphatic carbocycles. The molecule has 0 aromatic rings. The van der Waals surface area contributed by atoms with Gasteiger partial charge in [-0.3, -0.25) is 0 Å². The molecule has 0 heterocycles. The van der Waals surface area contributed by atoms with Gasteiger partial charge in [0, 0.05) is 23.0 Å². The fraction of sp³-hybridized carbons (Fsp3) is 0.0833. The van der Waals surface area contributed by atoms with Gasteiger partial charge in [0.2, 0.25) is 0 Å². The van der Waals surface area contributed by atoms with E-state index in [1.807, 2.05) is 57.8 Å². The van der Waals surface area contributed by atoms with Crippen molar-refractivity contribution in [1.29, 1.82) is 0 Å². The molecule has 0 spiro atoms. The summed E-state index contributed by atoms with van der Waals surface area (Å²) in [6, 6.07) is 0. The quantitative estimate of drug-likeness (QED) is 0.425. The molecule has 0 aromatic carbocycles. The number of terminal acetylenes is 1. The number of hydrogen-bond acceptors (Lipinski definition) is 0. The maximum absolute atomic E-state index is 5.08. The van der Waals surface area contributed by atoms with Crippen molar-refractivity contribution in [2.24, 2.45) is 5.92 Å². The molecule has 0 aliphatic heterocycles. The molecule has 67 valence electrons. The summed E-state index contributed by atoms with van der Waals surface area (Å²) in [7, 11) is 0. The molecule has 1 heteroatoms. The Morgan fingerprint density at radius 2 is 1.15 bits per heavy atom. The molecule has 0 saturated heterocycles.